The normalized spacial score (nSPS) is 12.2. The van der Waals surface area contributed by atoms with Crippen LogP contribution in [0.5, 0.6) is 11.5 Å². The van der Waals surface area contributed by atoms with Crippen LogP contribution < -0.4 is 9.47 Å². The molecular formula is C20H18ClNO5. The molecule has 0 radical (unpaired) electrons. The maximum absolute atomic E-state index is 12.1. The minimum absolute atomic E-state index is 0.114. The van der Waals surface area contributed by atoms with Crippen molar-refractivity contribution in [2.24, 2.45) is 0 Å². The number of hydrogen-bond acceptors (Lipinski definition) is 5. The van der Waals surface area contributed by atoms with Crippen LogP contribution in [0.15, 0.2) is 48.5 Å². The Hall–Kier alpha value is -2.99. The second kappa shape index (κ2) is 8.60. The number of esters is 1. The third-order valence-electron chi connectivity index (χ3n) is 3.89. The first-order valence-corrected chi connectivity index (χ1v) is 8.62. The first-order chi connectivity index (χ1) is 13.0. The number of nitrogens with zero attached hydrogens (tertiary/aromatic N) is 1. The lowest BCUT2D eigenvalue weighted by atomic mass is 10.2. The van der Waals surface area contributed by atoms with Gasteiger partial charge in [-0.1, -0.05) is 41.9 Å². The van der Waals surface area contributed by atoms with E-state index >= 15 is 0 Å². The van der Waals surface area contributed by atoms with Crippen LogP contribution in [0.25, 0.3) is 6.08 Å². The molecule has 0 fully saturated rings. The van der Waals surface area contributed by atoms with Crippen LogP contribution in [0.3, 0.4) is 0 Å². The SMILES string of the molecule is CN(Cc1ccccc1)C(=O)COC(=O)/C=C/c1cc(Cl)c2c(c1)OCO2. The Morgan fingerprint density at radius 1 is 1.22 bits per heavy atom. The van der Waals surface area contributed by atoms with Gasteiger partial charge in [0.25, 0.3) is 5.91 Å². The van der Waals surface area contributed by atoms with Crippen LogP contribution in [-0.4, -0.2) is 37.2 Å². The number of likely N-dealkylation sites (N-methyl/N-ethyl adjacent to an activating group) is 1. The number of ether oxygens (including phenoxy) is 3. The number of carbonyl (C=O) groups is 2. The fourth-order valence-electron chi connectivity index (χ4n) is 2.48. The highest BCUT2D eigenvalue weighted by molar-refractivity contribution is 6.32. The van der Waals surface area contributed by atoms with Crippen molar-refractivity contribution in [3.8, 4) is 11.5 Å². The zero-order valence-corrected chi connectivity index (χ0v) is 15.4. The minimum Gasteiger partial charge on any atom is -0.454 e. The van der Waals surface area contributed by atoms with E-state index in [-0.39, 0.29) is 19.3 Å². The van der Waals surface area contributed by atoms with Gasteiger partial charge in [0.05, 0.1) is 5.02 Å². The summed E-state index contributed by atoms with van der Waals surface area (Å²) in [6.45, 7) is 0.236. The van der Waals surface area contributed by atoms with Crippen molar-refractivity contribution in [1.82, 2.24) is 4.90 Å². The Labute approximate surface area is 161 Å². The van der Waals surface area contributed by atoms with E-state index in [1.807, 2.05) is 30.3 Å². The fraction of sp³-hybridized carbons (Fsp3) is 0.200. The Kier molecular flexibility index (Phi) is 5.98. The molecule has 2 aromatic rings. The smallest absolute Gasteiger partial charge is 0.331 e. The van der Waals surface area contributed by atoms with Crippen molar-refractivity contribution < 1.29 is 23.8 Å². The van der Waals surface area contributed by atoms with Crippen molar-refractivity contribution in [3.63, 3.8) is 0 Å². The Bertz CT molecular complexity index is 866. The molecule has 0 N–H and O–H groups in total. The summed E-state index contributed by atoms with van der Waals surface area (Å²) in [6, 6.07) is 12.9. The lowest BCUT2D eigenvalue weighted by Crippen LogP contribution is -2.30. The number of fused-ring (bicyclic) bond motifs is 1. The third-order valence-corrected chi connectivity index (χ3v) is 4.17. The van der Waals surface area contributed by atoms with E-state index in [9.17, 15) is 9.59 Å². The van der Waals surface area contributed by atoms with Gasteiger partial charge in [-0.05, 0) is 29.3 Å². The first kappa shape index (κ1) is 18.8. The molecule has 3 rings (SSSR count). The molecule has 0 aliphatic carbocycles. The Balaban J connectivity index is 1.50. The molecule has 1 aliphatic rings. The quantitative estimate of drug-likeness (QED) is 0.562. The zero-order chi connectivity index (χ0) is 19.2. The lowest BCUT2D eigenvalue weighted by Gasteiger charge is -2.16. The summed E-state index contributed by atoms with van der Waals surface area (Å²) in [4.78, 5) is 25.4. The molecule has 0 saturated heterocycles. The molecule has 27 heavy (non-hydrogen) atoms. The highest BCUT2D eigenvalue weighted by atomic mass is 35.5. The Morgan fingerprint density at radius 2 is 2.00 bits per heavy atom. The maximum atomic E-state index is 12.1. The van der Waals surface area contributed by atoms with Gasteiger partial charge in [-0.15, -0.1) is 0 Å². The number of carbonyl (C=O) groups excluding carboxylic acids is 2. The summed E-state index contributed by atoms with van der Waals surface area (Å²) in [7, 11) is 1.66. The molecule has 6 nitrogen and oxygen atoms in total. The van der Waals surface area contributed by atoms with Crippen molar-refractivity contribution in [1.29, 1.82) is 0 Å². The van der Waals surface area contributed by atoms with Gasteiger partial charge in [0, 0.05) is 19.7 Å². The highest BCUT2D eigenvalue weighted by Crippen LogP contribution is 2.40. The van der Waals surface area contributed by atoms with Crippen molar-refractivity contribution in [2.45, 2.75) is 6.54 Å². The summed E-state index contributed by atoms with van der Waals surface area (Å²) in [6.07, 6.45) is 2.77. The molecule has 0 unspecified atom stereocenters. The molecule has 0 bridgehead atoms. The second-order valence-corrected chi connectivity index (χ2v) is 6.32. The van der Waals surface area contributed by atoms with Crippen LogP contribution in [0.2, 0.25) is 5.02 Å². The van der Waals surface area contributed by atoms with Crippen LogP contribution in [-0.2, 0) is 20.9 Å². The van der Waals surface area contributed by atoms with Gasteiger partial charge in [-0.25, -0.2) is 4.79 Å². The molecule has 1 amide bonds. The monoisotopic (exact) mass is 387 g/mol. The molecule has 2 aromatic carbocycles. The number of amides is 1. The molecule has 7 heteroatoms. The summed E-state index contributed by atoms with van der Waals surface area (Å²) in [5.74, 6) is 0.105. The van der Waals surface area contributed by atoms with Gasteiger partial charge in [-0.2, -0.15) is 0 Å². The van der Waals surface area contributed by atoms with Gasteiger partial charge in [0.1, 0.15) is 0 Å². The third kappa shape index (κ3) is 5.01. The average Bonchev–Trinajstić information content (AvgIpc) is 3.14. The van der Waals surface area contributed by atoms with E-state index in [2.05, 4.69) is 0 Å². The second-order valence-electron chi connectivity index (χ2n) is 5.91. The van der Waals surface area contributed by atoms with E-state index in [0.29, 0.717) is 28.6 Å². The molecule has 1 heterocycles. The summed E-state index contributed by atoms with van der Waals surface area (Å²) in [5.41, 5.74) is 1.66. The van der Waals surface area contributed by atoms with Gasteiger partial charge < -0.3 is 19.1 Å². The van der Waals surface area contributed by atoms with Gasteiger partial charge >= 0.3 is 5.97 Å². The number of rotatable bonds is 6. The lowest BCUT2D eigenvalue weighted by molar-refractivity contribution is -0.147. The van der Waals surface area contributed by atoms with Crippen LogP contribution in [0, 0.1) is 0 Å². The zero-order valence-electron chi connectivity index (χ0n) is 14.7. The van der Waals surface area contributed by atoms with E-state index in [4.69, 9.17) is 25.8 Å². The largest absolute Gasteiger partial charge is 0.454 e. The molecule has 0 saturated carbocycles. The molecule has 0 aromatic heterocycles. The predicted molar refractivity (Wildman–Crippen MR) is 100 cm³/mol. The minimum atomic E-state index is -0.620. The van der Waals surface area contributed by atoms with Crippen molar-refractivity contribution >= 4 is 29.6 Å². The average molecular weight is 388 g/mol. The van der Waals surface area contributed by atoms with E-state index in [1.54, 1.807) is 19.2 Å². The van der Waals surface area contributed by atoms with Gasteiger partial charge in [0.2, 0.25) is 6.79 Å². The van der Waals surface area contributed by atoms with Crippen molar-refractivity contribution in [3.05, 3.63) is 64.7 Å². The van der Waals surface area contributed by atoms with Crippen LogP contribution in [0.1, 0.15) is 11.1 Å². The summed E-state index contributed by atoms with van der Waals surface area (Å²) < 4.78 is 15.5. The number of hydrogen-bond donors (Lipinski definition) is 0. The molecule has 1 aliphatic heterocycles. The topological polar surface area (TPSA) is 65.1 Å². The fourth-order valence-corrected chi connectivity index (χ4v) is 2.76. The van der Waals surface area contributed by atoms with Crippen molar-refractivity contribution in [2.75, 3.05) is 20.4 Å². The van der Waals surface area contributed by atoms with Gasteiger partial charge in [0.15, 0.2) is 18.1 Å². The first-order valence-electron chi connectivity index (χ1n) is 8.25. The molecule has 0 spiro atoms. The number of halogens is 1. The molecule has 0 atom stereocenters. The van der Waals surface area contributed by atoms with E-state index in [0.717, 1.165) is 5.56 Å². The van der Waals surface area contributed by atoms with Crippen LogP contribution in [0.4, 0.5) is 0 Å². The number of benzene rings is 2. The molecular weight excluding hydrogens is 370 g/mol. The Morgan fingerprint density at radius 3 is 2.78 bits per heavy atom. The summed E-state index contributed by atoms with van der Waals surface area (Å²) >= 11 is 6.09. The standard InChI is InChI=1S/C20H18ClNO5/c1-22(11-14-5-3-2-4-6-14)18(23)12-25-19(24)8-7-15-9-16(21)20-17(10-15)26-13-27-20/h2-10H,11-13H2,1H3/b8-7+. The highest BCUT2D eigenvalue weighted by Gasteiger charge is 2.17. The predicted octanol–water partition coefficient (Wildman–Crippen LogP) is 3.28. The maximum Gasteiger partial charge on any atom is 0.331 e. The summed E-state index contributed by atoms with van der Waals surface area (Å²) in [5, 5.41) is 0.399. The molecule has 140 valence electrons. The van der Waals surface area contributed by atoms with E-state index in [1.165, 1.54) is 17.1 Å². The van der Waals surface area contributed by atoms with Gasteiger partial charge in [-0.3, -0.25) is 4.79 Å². The van der Waals surface area contributed by atoms with E-state index < -0.39 is 5.97 Å². The van der Waals surface area contributed by atoms with Crippen LogP contribution >= 0.6 is 11.6 Å².